The Morgan fingerprint density at radius 1 is 1.33 bits per heavy atom. The first-order valence-electron chi connectivity index (χ1n) is 6.18. The molecule has 0 aliphatic carbocycles. The molecule has 96 valence electrons. The number of rotatable bonds is 5. The molecule has 0 atom stereocenters. The fourth-order valence-electron chi connectivity index (χ4n) is 1.76. The molecule has 1 aromatic carbocycles. The molecule has 0 fully saturated rings. The van der Waals surface area contributed by atoms with E-state index in [0.717, 1.165) is 19.5 Å². The predicted molar refractivity (Wildman–Crippen MR) is 70.5 cm³/mol. The van der Waals surface area contributed by atoms with Crippen LogP contribution >= 0.6 is 0 Å². The standard InChI is InChI=1S/C14H18N2O2/c17-14(11-18-13-4-2-1-3-5-13)16-10-12-6-8-15-9-7-12/h1-6,15H,7-11H2,(H,16,17). The summed E-state index contributed by atoms with van der Waals surface area (Å²) in [6, 6.07) is 9.35. The topological polar surface area (TPSA) is 50.4 Å². The summed E-state index contributed by atoms with van der Waals surface area (Å²) in [5.41, 5.74) is 1.28. The van der Waals surface area contributed by atoms with Gasteiger partial charge in [0.1, 0.15) is 5.75 Å². The summed E-state index contributed by atoms with van der Waals surface area (Å²) in [6.07, 6.45) is 3.13. The third kappa shape index (κ3) is 4.22. The van der Waals surface area contributed by atoms with Crippen LogP contribution in [0.4, 0.5) is 0 Å². The number of amides is 1. The van der Waals surface area contributed by atoms with Gasteiger partial charge in [0.2, 0.25) is 0 Å². The van der Waals surface area contributed by atoms with Gasteiger partial charge in [-0.1, -0.05) is 29.8 Å². The van der Waals surface area contributed by atoms with Crippen molar-refractivity contribution in [3.63, 3.8) is 0 Å². The molecule has 0 bridgehead atoms. The van der Waals surface area contributed by atoms with Crippen LogP contribution in [0, 0.1) is 0 Å². The number of hydrogen-bond acceptors (Lipinski definition) is 3. The van der Waals surface area contributed by atoms with Crippen molar-refractivity contribution >= 4 is 5.91 Å². The number of para-hydroxylation sites is 1. The number of carbonyl (C=O) groups excluding carboxylic acids is 1. The minimum atomic E-state index is -0.0849. The highest BCUT2D eigenvalue weighted by atomic mass is 16.5. The van der Waals surface area contributed by atoms with E-state index in [4.69, 9.17) is 4.74 Å². The Bertz CT molecular complexity index is 415. The molecule has 0 radical (unpaired) electrons. The minimum Gasteiger partial charge on any atom is -0.484 e. The molecule has 1 amide bonds. The van der Waals surface area contributed by atoms with Gasteiger partial charge < -0.3 is 15.4 Å². The molecule has 1 aliphatic rings. The maximum Gasteiger partial charge on any atom is 0.258 e. The molecule has 2 rings (SSSR count). The Hall–Kier alpha value is -1.81. The van der Waals surface area contributed by atoms with Crippen molar-refractivity contribution in [2.45, 2.75) is 6.42 Å². The molecule has 1 aromatic rings. The first-order chi connectivity index (χ1) is 8.84. The highest BCUT2D eigenvalue weighted by molar-refractivity contribution is 5.77. The first-order valence-corrected chi connectivity index (χ1v) is 6.18. The average molecular weight is 246 g/mol. The summed E-state index contributed by atoms with van der Waals surface area (Å²) in [6.45, 7) is 2.57. The smallest absolute Gasteiger partial charge is 0.258 e. The quantitative estimate of drug-likeness (QED) is 0.765. The van der Waals surface area contributed by atoms with Crippen molar-refractivity contribution < 1.29 is 9.53 Å². The maximum absolute atomic E-state index is 11.6. The van der Waals surface area contributed by atoms with Gasteiger partial charge in [-0.05, 0) is 25.1 Å². The number of carbonyl (C=O) groups is 1. The van der Waals surface area contributed by atoms with E-state index < -0.39 is 0 Å². The van der Waals surface area contributed by atoms with E-state index in [0.29, 0.717) is 12.3 Å². The molecule has 1 heterocycles. The molecule has 0 aromatic heterocycles. The Balaban J connectivity index is 1.67. The van der Waals surface area contributed by atoms with Gasteiger partial charge in [0, 0.05) is 13.1 Å². The van der Waals surface area contributed by atoms with E-state index in [1.54, 1.807) is 0 Å². The van der Waals surface area contributed by atoms with Gasteiger partial charge >= 0.3 is 0 Å². The SMILES string of the molecule is O=C(COc1ccccc1)NCC1=CCNCC1. The Labute approximate surface area is 107 Å². The highest BCUT2D eigenvalue weighted by Gasteiger charge is 2.06. The molecule has 0 saturated heterocycles. The van der Waals surface area contributed by atoms with Crippen LogP contribution in [0.15, 0.2) is 42.0 Å². The zero-order valence-electron chi connectivity index (χ0n) is 10.3. The molecular formula is C14H18N2O2. The number of ether oxygens (including phenoxy) is 1. The van der Waals surface area contributed by atoms with Crippen LogP contribution in [-0.4, -0.2) is 32.1 Å². The molecule has 0 unspecified atom stereocenters. The molecule has 1 aliphatic heterocycles. The molecule has 2 N–H and O–H groups in total. The van der Waals surface area contributed by atoms with E-state index in [-0.39, 0.29) is 12.5 Å². The van der Waals surface area contributed by atoms with E-state index in [1.165, 1.54) is 5.57 Å². The lowest BCUT2D eigenvalue weighted by Crippen LogP contribution is -2.32. The van der Waals surface area contributed by atoms with Crippen LogP contribution < -0.4 is 15.4 Å². The van der Waals surface area contributed by atoms with Gasteiger partial charge in [-0.2, -0.15) is 0 Å². The van der Waals surface area contributed by atoms with Crippen molar-refractivity contribution in [2.75, 3.05) is 26.2 Å². The summed E-state index contributed by atoms with van der Waals surface area (Å²) in [5, 5.41) is 6.10. The highest BCUT2D eigenvalue weighted by Crippen LogP contribution is 2.07. The predicted octanol–water partition coefficient (Wildman–Crippen LogP) is 1.10. The summed E-state index contributed by atoms with van der Waals surface area (Å²) in [4.78, 5) is 11.6. The Kier molecular flexibility index (Phi) is 4.78. The zero-order valence-corrected chi connectivity index (χ0v) is 10.3. The lowest BCUT2D eigenvalue weighted by Gasteiger charge is -2.14. The Morgan fingerprint density at radius 2 is 2.17 bits per heavy atom. The average Bonchev–Trinajstić information content (AvgIpc) is 2.45. The van der Waals surface area contributed by atoms with Gasteiger partial charge in [0.15, 0.2) is 6.61 Å². The zero-order chi connectivity index (χ0) is 12.6. The van der Waals surface area contributed by atoms with E-state index >= 15 is 0 Å². The van der Waals surface area contributed by atoms with Gasteiger partial charge in [-0.3, -0.25) is 4.79 Å². The number of nitrogens with one attached hydrogen (secondary N) is 2. The molecule has 0 saturated carbocycles. The van der Waals surface area contributed by atoms with Crippen LogP contribution in [0.25, 0.3) is 0 Å². The lowest BCUT2D eigenvalue weighted by molar-refractivity contribution is -0.122. The van der Waals surface area contributed by atoms with Crippen molar-refractivity contribution in [2.24, 2.45) is 0 Å². The monoisotopic (exact) mass is 246 g/mol. The van der Waals surface area contributed by atoms with Crippen molar-refractivity contribution in [1.29, 1.82) is 0 Å². The summed E-state index contributed by atoms with van der Waals surface area (Å²) >= 11 is 0. The van der Waals surface area contributed by atoms with Crippen LogP contribution in [0.5, 0.6) is 5.75 Å². The number of hydrogen-bond donors (Lipinski definition) is 2. The summed E-state index contributed by atoms with van der Waals surface area (Å²) < 4.78 is 5.36. The van der Waals surface area contributed by atoms with E-state index in [1.807, 2.05) is 30.3 Å². The summed E-state index contributed by atoms with van der Waals surface area (Å²) in [5.74, 6) is 0.631. The molecule has 0 spiro atoms. The van der Waals surface area contributed by atoms with E-state index in [2.05, 4.69) is 16.7 Å². The van der Waals surface area contributed by atoms with Crippen molar-refractivity contribution in [3.8, 4) is 5.75 Å². The minimum absolute atomic E-state index is 0.0650. The van der Waals surface area contributed by atoms with Gasteiger partial charge in [0.25, 0.3) is 5.91 Å². The normalized spacial score (nSPS) is 14.8. The van der Waals surface area contributed by atoms with E-state index in [9.17, 15) is 4.79 Å². The van der Waals surface area contributed by atoms with Crippen LogP contribution in [0.2, 0.25) is 0 Å². The van der Waals surface area contributed by atoms with Crippen LogP contribution in [-0.2, 0) is 4.79 Å². The second-order valence-corrected chi connectivity index (χ2v) is 4.19. The van der Waals surface area contributed by atoms with Crippen molar-refractivity contribution in [1.82, 2.24) is 10.6 Å². The molecule has 4 heteroatoms. The third-order valence-electron chi connectivity index (χ3n) is 2.78. The second kappa shape index (κ2) is 6.81. The summed E-state index contributed by atoms with van der Waals surface area (Å²) in [7, 11) is 0. The first kappa shape index (κ1) is 12.6. The lowest BCUT2D eigenvalue weighted by atomic mass is 10.1. The van der Waals surface area contributed by atoms with Crippen molar-refractivity contribution in [3.05, 3.63) is 42.0 Å². The fourth-order valence-corrected chi connectivity index (χ4v) is 1.76. The molecule has 4 nitrogen and oxygen atoms in total. The molecule has 18 heavy (non-hydrogen) atoms. The maximum atomic E-state index is 11.6. The fraction of sp³-hybridized carbons (Fsp3) is 0.357. The number of benzene rings is 1. The Morgan fingerprint density at radius 3 is 2.89 bits per heavy atom. The van der Waals surface area contributed by atoms with Gasteiger partial charge in [-0.25, -0.2) is 0 Å². The largest absolute Gasteiger partial charge is 0.484 e. The second-order valence-electron chi connectivity index (χ2n) is 4.19. The van der Waals surface area contributed by atoms with Crippen LogP contribution in [0.1, 0.15) is 6.42 Å². The van der Waals surface area contributed by atoms with Gasteiger partial charge in [0.05, 0.1) is 0 Å². The van der Waals surface area contributed by atoms with Gasteiger partial charge in [-0.15, -0.1) is 0 Å². The third-order valence-corrected chi connectivity index (χ3v) is 2.78. The van der Waals surface area contributed by atoms with Crippen LogP contribution in [0.3, 0.4) is 0 Å². The molecular weight excluding hydrogens is 228 g/mol.